The quantitative estimate of drug-likeness (QED) is 0.714. The molecule has 0 saturated carbocycles. The number of nitrogen functional groups attached to an aromatic ring is 1. The lowest BCUT2D eigenvalue weighted by Crippen LogP contribution is -2.22. The molecular weight excluding hydrogens is 303 g/mol. The third-order valence-electron chi connectivity index (χ3n) is 3.77. The second-order valence-electron chi connectivity index (χ2n) is 5.48. The molecular formula is C20H17FN2O. The average Bonchev–Trinajstić information content (AvgIpc) is 2.63. The predicted octanol–water partition coefficient (Wildman–Crippen LogP) is 4.00. The van der Waals surface area contributed by atoms with Crippen molar-refractivity contribution in [2.24, 2.45) is 0 Å². The summed E-state index contributed by atoms with van der Waals surface area (Å²) in [6, 6.07) is 22.0. The van der Waals surface area contributed by atoms with Crippen molar-refractivity contribution in [3.63, 3.8) is 0 Å². The zero-order valence-electron chi connectivity index (χ0n) is 13.0. The minimum Gasteiger partial charge on any atom is -0.396 e. The van der Waals surface area contributed by atoms with Crippen LogP contribution in [0.2, 0.25) is 0 Å². The van der Waals surface area contributed by atoms with Crippen molar-refractivity contribution in [1.82, 2.24) is 5.32 Å². The van der Waals surface area contributed by atoms with Crippen molar-refractivity contribution in [3.05, 3.63) is 89.7 Å². The van der Waals surface area contributed by atoms with E-state index in [4.69, 9.17) is 5.73 Å². The molecule has 0 radical (unpaired) electrons. The van der Waals surface area contributed by atoms with Gasteiger partial charge in [0.25, 0.3) is 5.91 Å². The number of rotatable bonds is 4. The zero-order valence-corrected chi connectivity index (χ0v) is 13.0. The molecule has 120 valence electrons. The number of carbonyl (C=O) groups is 1. The SMILES string of the molecule is Nc1cc(C(=O)NCc2ccc(-c3ccccc3)cc2)ccc1F. The minimum atomic E-state index is -0.525. The topological polar surface area (TPSA) is 55.1 Å². The van der Waals surface area contributed by atoms with Gasteiger partial charge in [0.05, 0.1) is 5.69 Å². The van der Waals surface area contributed by atoms with Gasteiger partial charge in [-0.3, -0.25) is 4.79 Å². The van der Waals surface area contributed by atoms with Gasteiger partial charge >= 0.3 is 0 Å². The molecule has 0 saturated heterocycles. The van der Waals surface area contributed by atoms with E-state index in [-0.39, 0.29) is 11.6 Å². The first-order valence-corrected chi connectivity index (χ1v) is 7.61. The fourth-order valence-electron chi connectivity index (χ4n) is 2.42. The Balaban J connectivity index is 1.64. The van der Waals surface area contributed by atoms with Gasteiger partial charge in [-0.2, -0.15) is 0 Å². The highest BCUT2D eigenvalue weighted by molar-refractivity contribution is 5.95. The second-order valence-corrected chi connectivity index (χ2v) is 5.48. The Bertz CT molecular complexity index is 845. The van der Waals surface area contributed by atoms with Crippen LogP contribution in [0.5, 0.6) is 0 Å². The maximum atomic E-state index is 13.1. The van der Waals surface area contributed by atoms with E-state index in [0.29, 0.717) is 12.1 Å². The van der Waals surface area contributed by atoms with Gasteiger partial charge in [-0.15, -0.1) is 0 Å². The highest BCUT2D eigenvalue weighted by atomic mass is 19.1. The lowest BCUT2D eigenvalue weighted by atomic mass is 10.0. The first kappa shape index (κ1) is 15.7. The highest BCUT2D eigenvalue weighted by Crippen LogP contribution is 2.19. The molecule has 1 amide bonds. The summed E-state index contributed by atoms with van der Waals surface area (Å²) in [7, 11) is 0. The van der Waals surface area contributed by atoms with Crippen molar-refractivity contribution in [3.8, 4) is 11.1 Å². The fraction of sp³-hybridized carbons (Fsp3) is 0.0500. The number of hydrogen-bond acceptors (Lipinski definition) is 2. The average molecular weight is 320 g/mol. The summed E-state index contributed by atoms with van der Waals surface area (Å²) in [6.45, 7) is 0.394. The molecule has 0 atom stereocenters. The second kappa shape index (κ2) is 6.96. The monoisotopic (exact) mass is 320 g/mol. The molecule has 0 aliphatic heterocycles. The fourth-order valence-corrected chi connectivity index (χ4v) is 2.42. The standard InChI is InChI=1S/C20H17FN2O/c21-18-11-10-17(12-19(18)22)20(24)23-13-14-6-8-16(9-7-14)15-4-2-1-3-5-15/h1-12H,13,22H2,(H,23,24). The maximum Gasteiger partial charge on any atom is 0.251 e. The molecule has 0 unspecified atom stereocenters. The summed E-state index contributed by atoms with van der Waals surface area (Å²) < 4.78 is 13.1. The first-order chi connectivity index (χ1) is 11.6. The van der Waals surface area contributed by atoms with Crippen molar-refractivity contribution >= 4 is 11.6 Å². The molecule has 3 N–H and O–H groups in total. The van der Waals surface area contributed by atoms with E-state index in [2.05, 4.69) is 17.4 Å². The molecule has 0 heterocycles. The number of halogens is 1. The third kappa shape index (κ3) is 3.60. The Kier molecular flexibility index (Phi) is 4.57. The van der Waals surface area contributed by atoms with Crippen LogP contribution < -0.4 is 11.1 Å². The normalized spacial score (nSPS) is 10.4. The molecule has 3 rings (SSSR count). The molecule has 0 aromatic heterocycles. The van der Waals surface area contributed by atoms with E-state index < -0.39 is 5.82 Å². The molecule has 0 aliphatic rings. The van der Waals surface area contributed by atoms with Crippen molar-refractivity contribution < 1.29 is 9.18 Å². The number of nitrogens with two attached hydrogens (primary N) is 1. The van der Waals surface area contributed by atoms with Gasteiger partial charge in [-0.1, -0.05) is 54.6 Å². The van der Waals surface area contributed by atoms with E-state index >= 15 is 0 Å². The van der Waals surface area contributed by atoms with Gasteiger partial charge < -0.3 is 11.1 Å². The minimum absolute atomic E-state index is 0.0325. The number of amides is 1. The van der Waals surface area contributed by atoms with Gasteiger partial charge in [0, 0.05) is 12.1 Å². The number of hydrogen-bond donors (Lipinski definition) is 2. The number of benzene rings is 3. The van der Waals surface area contributed by atoms with Crippen LogP contribution in [0.1, 0.15) is 15.9 Å². The lowest BCUT2D eigenvalue weighted by Gasteiger charge is -2.08. The van der Waals surface area contributed by atoms with Gasteiger partial charge in [0.2, 0.25) is 0 Å². The largest absolute Gasteiger partial charge is 0.396 e. The summed E-state index contributed by atoms with van der Waals surface area (Å²) in [5.41, 5.74) is 9.05. The maximum absolute atomic E-state index is 13.1. The third-order valence-corrected chi connectivity index (χ3v) is 3.77. The summed E-state index contributed by atoms with van der Waals surface area (Å²) in [4.78, 5) is 12.1. The van der Waals surface area contributed by atoms with E-state index in [9.17, 15) is 9.18 Å². The van der Waals surface area contributed by atoms with Gasteiger partial charge in [-0.05, 0) is 34.9 Å². The smallest absolute Gasteiger partial charge is 0.251 e. The van der Waals surface area contributed by atoms with Crippen LogP contribution in [0.25, 0.3) is 11.1 Å². The Morgan fingerprint density at radius 3 is 2.25 bits per heavy atom. The molecule has 3 aromatic rings. The Morgan fingerprint density at radius 1 is 0.917 bits per heavy atom. The van der Waals surface area contributed by atoms with Crippen LogP contribution in [-0.2, 0) is 6.54 Å². The van der Waals surface area contributed by atoms with Gasteiger partial charge in [0.15, 0.2) is 0 Å². The van der Waals surface area contributed by atoms with Crippen molar-refractivity contribution in [2.75, 3.05) is 5.73 Å². The molecule has 3 aromatic carbocycles. The molecule has 24 heavy (non-hydrogen) atoms. The Morgan fingerprint density at radius 2 is 1.58 bits per heavy atom. The summed E-state index contributed by atoms with van der Waals surface area (Å²) in [5, 5.41) is 2.80. The number of carbonyl (C=O) groups excluding carboxylic acids is 1. The lowest BCUT2D eigenvalue weighted by molar-refractivity contribution is 0.0951. The molecule has 0 spiro atoms. The van der Waals surface area contributed by atoms with E-state index in [1.807, 2.05) is 42.5 Å². The molecule has 3 nitrogen and oxygen atoms in total. The predicted molar refractivity (Wildman–Crippen MR) is 93.9 cm³/mol. The summed E-state index contributed by atoms with van der Waals surface area (Å²) in [5.74, 6) is -0.808. The molecule has 0 aliphatic carbocycles. The molecule has 4 heteroatoms. The van der Waals surface area contributed by atoms with Crippen LogP contribution >= 0.6 is 0 Å². The van der Waals surface area contributed by atoms with Crippen LogP contribution in [0.3, 0.4) is 0 Å². The molecule has 0 bridgehead atoms. The Hall–Kier alpha value is -3.14. The summed E-state index contributed by atoms with van der Waals surface area (Å²) >= 11 is 0. The van der Waals surface area contributed by atoms with Crippen molar-refractivity contribution in [1.29, 1.82) is 0 Å². The van der Waals surface area contributed by atoms with E-state index in [1.165, 1.54) is 18.2 Å². The van der Waals surface area contributed by atoms with Crippen LogP contribution in [-0.4, -0.2) is 5.91 Å². The van der Waals surface area contributed by atoms with Crippen LogP contribution in [0.15, 0.2) is 72.8 Å². The van der Waals surface area contributed by atoms with Gasteiger partial charge in [0.1, 0.15) is 5.82 Å². The Labute approximate surface area is 139 Å². The van der Waals surface area contributed by atoms with E-state index in [0.717, 1.165) is 16.7 Å². The van der Waals surface area contributed by atoms with Crippen LogP contribution in [0.4, 0.5) is 10.1 Å². The van der Waals surface area contributed by atoms with Crippen molar-refractivity contribution in [2.45, 2.75) is 6.54 Å². The highest BCUT2D eigenvalue weighted by Gasteiger charge is 2.08. The van der Waals surface area contributed by atoms with Crippen LogP contribution in [0, 0.1) is 5.82 Å². The number of anilines is 1. The zero-order chi connectivity index (χ0) is 16.9. The number of nitrogens with one attached hydrogen (secondary N) is 1. The summed E-state index contributed by atoms with van der Waals surface area (Å²) in [6.07, 6.45) is 0. The first-order valence-electron chi connectivity index (χ1n) is 7.61. The molecule has 0 fully saturated rings. The van der Waals surface area contributed by atoms with E-state index in [1.54, 1.807) is 0 Å². The van der Waals surface area contributed by atoms with Gasteiger partial charge in [-0.25, -0.2) is 4.39 Å².